The summed E-state index contributed by atoms with van der Waals surface area (Å²) >= 11 is 11.6. The van der Waals surface area contributed by atoms with E-state index in [1.165, 1.54) is 48.5 Å². The number of sulfone groups is 1. The van der Waals surface area contributed by atoms with Crippen molar-refractivity contribution in [1.82, 2.24) is 29.9 Å². The molecule has 0 spiro atoms. The number of benzene rings is 5. The first-order valence-corrected chi connectivity index (χ1v) is 30.3. The molecule has 7 aromatic rings. The first kappa shape index (κ1) is 65.0. The largest absolute Gasteiger partial charge is 0.478 e. The quantitative estimate of drug-likeness (QED) is 0.00383. The normalized spacial score (nSPS) is 12.4. The maximum absolute atomic E-state index is 13.0. The monoisotopic (exact) mass is 1330 g/mol. The summed E-state index contributed by atoms with van der Waals surface area (Å²) in [5, 5.41) is 61.5. The van der Waals surface area contributed by atoms with Crippen LogP contribution in [-0.2, 0) is 73.6 Å². The minimum absolute atomic E-state index is 0.0173. The summed E-state index contributed by atoms with van der Waals surface area (Å²) in [6.45, 7) is -1.05. The Kier molecular flexibility index (Phi) is 22.5. The summed E-state index contributed by atoms with van der Waals surface area (Å²) in [6.07, 6.45) is 0. The van der Waals surface area contributed by atoms with E-state index in [9.17, 15) is 43.9 Å². The van der Waals surface area contributed by atoms with Crippen LogP contribution in [0.5, 0.6) is 0 Å². The van der Waals surface area contributed by atoms with Gasteiger partial charge in [-0.05, 0) is 102 Å². The molecule has 450 valence electrons. The van der Waals surface area contributed by atoms with E-state index in [1.807, 2.05) is 0 Å². The summed E-state index contributed by atoms with van der Waals surface area (Å²) in [5.74, 6) is -3.43. The lowest BCUT2D eigenvalue weighted by Gasteiger charge is -2.12. The average Bonchev–Trinajstić information content (AvgIpc) is 2.39. The molecule has 44 heteroatoms. The van der Waals surface area contributed by atoms with Gasteiger partial charge in [0.05, 0.1) is 70.0 Å². The third-order valence-corrected chi connectivity index (χ3v) is 15.2. The van der Waals surface area contributed by atoms with Gasteiger partial charge in [-0.25, -0.2) is 37.0 Å². The number of anilines is 10. The number of nitrogens with one attached hydrogen (secondary N) is 4. The number of azo groups is 2. The van der Waals surface area contributed by atoms with Gasteiger partial charge in [0, 0.05) is 27.6 Å². The fourth-order valence-corrected chi connectivity index (χ4v) is 10.2. The predicted octanol–water partition coefficient (Wildman–Crippen LogP) is 8.34. The number of nitrogens with zero attached hydrogens (tertiary/aromatic N) is 10. The zero-order valence-electron chi connectivity index (χ0n) is 41.7. The lowest BCUT2D eigenvalue weighted by atomic mass is 10.1. The van der Waals surface area contributed by atoms with Crippen molar-refractivity contribution in [3.05, 3.63) is 107 Å². The summed E-state index contributed by atoms with van der Waals surface area (Å²) in [6, 6.07) is 20.0. The summed E-state index contributed by atoms with van der Waals surface area (Å²) in [4.78, 5) is 42.1. The number of carboxylic acids is 1. The van der Waals surface area contributed by atoms with Gasteiger partial charge in [0.15, 0.2) is 20.9 Å². The van der Waals surface area contributed by atoms with Crippen LogP contribution in [0.1, 0.15) is 10.4 Å². The highest BCUT2D eigenvalue weighted by Gasteiger charge is 2.25. The molecular weight excluding hydrogens is 1300 g/mol. The Labute approximate surface area is 498 Å². The van der Waals surface area contributed by atoms with E-state index in [4.69, 9.17) is 59.0 Å². The molecule has 13 N–H and O–H groups in total. The molecule has 2 aromatic heterocycles. The topological polar surface area (TPSA) is 529 Å². The molecule has 0 radical (unpaired) electrons. The zero-order chi connectivity index (χ0) is 61.5. The molecule has 7 rings (SSSR count). The van der Waals surface area contributed by atoms with Crippen LogP contribution in [0.25, 0.3) is 0 Å². The van der Waals surface area contributed by atoms with E-state index in [1.54, 1.807) is 24.3 Å². The summed E-state index contributed by atoms with van der Waals surface area (Å²) in [7, 11) is -14.1. The van der Waals surface area contributed by atoms with E-state index in [0.29, 0.717) is 22.6 Å². The molecule has 85 heavy (non-hydrogen) atoms. The van der Waals surface area contributed by atoms with Gasteiger partial charge in [0.2, 0.25) is 34.4 Å². The van der Waals surface area contributed by atoms with E-state index in [-0.39, 0.29) is 84.9 Å². The van der Waals surface area contributed by atoms with Crippen LogP contribution < -0.4 is 32.7 Å². The van der Waals surface area contributed by atoms with Crippen molar-refractivity contribution in [3.8, 4) is 0 Å². The van der Waals surface area contributed by atoms with Crippen LogP contribution in [0.2, 0.25) is 10.6 Å². The van der Waals surface area contributed by atoms with Crippen molar-refractivity contribution in [3.63, 3.8) is 0 Å². The molecule has 0 saturated carbocycles. The zero-order valence-corrected chi connectivity index (χ0v) is 48.1. The smallest absolute Gasteiger partial charge is 0.397 e. The number of halogens is 2. The summed E-state index contributed by atoms with van der Waals surface area (Å²) < 4.78 is 121. The number of nitrogens with two attached hydrogens (primary N) is 2. The van der Waals surface area contributed by atoms with Gasteiger partial charge in [-0.3, -0.25) is 9.11 Å². The first-order chi connectivity index (χ1) is 40.4. The Morgan fingerprint density at radius 2 is 1.18 bits per heavy atom. The van der Waals surface area contributed by atoms with Crippen molar-refractivity contribution < 1.29 is 91.1 Å². The highest BCUT2D eigenvalue weighted by atomic mass is 35.5. The minimum atomic E-state index is -5.05. The van der Waals surface area contributed by atoms with Gasteiger partial charge < -0.3 is 37.8 Å². The molecule has 0 aliphatic carbocycles. The second-order valence-corrected chi connectivity index (χ2v) is 23.6. The van der Waals surface area contributed by atoms with Crippen molar-refractivity contribution in [2.45, 2.75) is 19.6 Å². The third-order valence-electron chi connectivity index (χ3n) is 9.88. The van der Waals surface area contributed by atoms with Crippen LogP contribution in [0.3, 0.4) is 0 Å². The second-order valence-electron chi connectivity index (χ2n) is 15.6. The highest BCUT2D eigenvalue weighted by Crippen LogP contribution is 2.43. The second kappa shape index (κ2) is 29.5. The molecule has 0 aliphatic rings. The number of carbonyl (C=O) groups is 1. The Bertz CT molecular complexity index is 4060. The Morgan fingerprint density at radius 3 is 1.73 bits per heavy atom. The molecule has 0 amide bonds. The number of hydrogen-bond acceptors (Lipinski definition) is 35. The predicted molar refractivity (Wildman–Crippen MR) is 300 cm³/mol. The molecule has 0 fully saturated rings. The van der Waals surface area contributed by atoms with E-state index >= 15 is 0 Å². The van der Waals surface area contributed by atoms with Crippen LogP contribution in [0, 0.1) is 0 Å². The van der Waals surface area contributed by atoms with Crippen molar-refractivity contribution in [1.29, 1.82) is 0 Å². The van der Waals surface area contributed by atoms with Crippen LogP contribution in [0.4, 0.5) is 80.7 Å². The van der Waals surface area contributed by atoms with Crippen LogP contribution in [0.15, 0.2) is 131 Å². The van der Waals surface area contributed by atoms with Gasteiger partial charge in [-0.15, -0.1) is 29.1 Å². The van der Waals surface area contributed by atoms with Gasteiger partial charge in [0.1, 0.15) is 33.2 Å². The minimum Gasteiger partial charge on any atom is -0.478 e. The van der Waals surface area contributed by atoms with Gasteiger partial charge in [-0.1, -0.05) is 22.2 Å². The average molecular weight is 1340 g/mol. The fourth-order valence-electron chi connectivity index (χ4n) is 6.49. The molecule has 1 atom stereocenters. The highest BCUT2D eigenvalue weighted by molar-refractivity contribution is 7.95. The first-order valence-electron chi connectivity index (χ1n) is 22.3. The standard InChI is InChI=1S/C41H36Cl2N16O20S6/c42-36-50-38(46-20-3-1-5-24(15-20)80-77-73-11-13-82(64)79-76-63)54-41(53-36)49-23-8-10-31(84(67,68)69)29(18-23)57-59-34-27(45)19-26(44)33(32(34)35(60)61)58-56-28-17-22(7-9-30(28)81-78-75-62)48-40-52-37(43)51-39(55-40)47-21-4-2-6-25(16-21)83(65,66)14-12-74-85(70,71)72/h1-10,15-19,62-63H,11-14,44-45H2,(H,60,61)(H,67,68,69)(H,70,71,72)(H2,46,49,50,53,54)(H2,47,48,51,52,55). The lowest BCUT2D eigenvalue weighted by molar-refractivity contribution is -0.435. The Morgan fingerprint density at radius 1 is 0.635 bits per heavy atom. The van der Waals surface area contributed by atoms with E-state index < -0.39 is 93.0 Å². The molecule has 1 unspecified atom stereocenters. The molecule has 36 nitrogen and oxygen atoms in total. The third kappa shape index (κ3) is 19.5. The number of carboxylic acid groups (broad SMARTS) is 1. The number of aromatic carboxylic acids is 1. The van der Waals surface area contributed by atoms with Gasteiger partial charge in [-0.2, -0.15) is 51.1 Å². The Balaban J connectivity index is 1.12. The van der Waals surface area contributed by atoms with E-state index in [0.717, 1.165) is 30.2 Å². The number of rotatable bonds is 30. The maximum atomic E-state index is 13.0. The van der Waals surface area contributed by atoms with Crippen molar-refractivity contribution in [2.75, 3.05) is 57.5 Å². The van der Waals surface area contributed by atoms with Crippen molar-refractivity contribution >= 4 is 175 Å². The van der Waals surface area contributed by atoms with Crippen LogP contribution in [-0.4, -0.2) is 115 Å². The maximum Gasteiger partial charge on any atom is 0.397 e. The Hall–Kier alpha value is -7.57. The molecular formula is C41H36Cl2N16O20S6. The molecule has 2 heterocycles. The fraction of sp³-hybridized carbons (Fsp3) is 0.0976. The number of hydrogen-bond donors (Lipinski definition) is 11. The summed E-state index contributed by atoms with van der Waals surface area (Å²) in [5.41, 5.74) is 9.70. The molecule has 0 bridgehead atoms. The lowest BCUT2D eigenvalue weighted by Crippen LogP contribution is -2.15. The molecule has 0 aliphatic heterocycles. The van der Waals surface area contributed by atoms with Crippen molar-refractivity contribution in [2.24, 2.45) is 20.5 Å². The van der Waals surface area contributed by atoms with E-state index in [2.05, 4.69) is 94.6 Å². The van der Waals surface area contributed by atoms with Gasteiger partial charge >= 0.3 is 16.4 Å². The number of aromatic nitrogens is 6. The number of nitrogen functional groups attached to an aromatic ring is 2. The van der Waals surface area contributed by atoms with Crippen LogP contribution >= 0.6 is 47.3 Å². The molecule has 0 saturated heterocycles. The van der Waals surface area contributed by atoms with Gasteiger partial charge in [0.25, 0.3) is 10.1 Å². The molecule has 5 aromatic carbocycles. The SMILES string of the molecule is Nc1cc(N)c(N=Nc2cc(Nc3nc(Cl)nc(Nc4cccc(SOOCCS(=O)OOO)c4)n3)ccc2S(=O)(=O)O)c(C(=O)O)c1N=Nc1cc(Nc2nc(Cl)nc(Nc3cccc(S(=O)(=O)CCOS(=O)(=O)O)c3)n2)ccc1SOOO.